The normalized spacial score (nSPS) is 15.2. The summed E-state index contributed by atoms with van der Waals surface area (Å²) in [6.45, 7) is 11.9. The molecule has 1 aliphatic rings. The summed E-state index contributed by atoms with van der Waals surface area (Å²) in [4.78, 5) is 17.2. The van der Waals surface area contributed by atoms with E-state index in [9.17, 15) is 4.79 Å². The third-order valence-corrected chi connectivity index (χ3v) is 5.64. The molecule has 5 nitrogen and oxygen atoms in total. The van der Waals surface area contributed by atoms with Crippen molar-refractivity contribution in [3.05, 3.63) is 59.0 Å². The lowest BCUT2D eigenvalue weighted by Crippen LogP contribution is -2.37. The largest absolute Gasteiger partial charge is 0.455 e. The molecule has 1 N–H and O–H groups in total. The van der Waals surface area contributed by atoms with Crippen LogP contribution in [0.5, 0.6) is 0 Å². The van der Waals surface area contributed by atoms with Gasteiger partial charge in [-0.3, -0.25) is 9.69 Å². The van der Waals surface area contributed by atoms with E-state index in [4.69, 9.17) is 4.42 Å². The van der Waals surface area contributed by atoms with Crippen molar-refractivity contribution >= 4 is 5.91 Å². The molecular weight excluding hydrogens is 362 g/mol. The number of piperidine rings is 1. The van der Waals surface area contributed by atoms with Crippen LogP contribution in [0.1, 0.15) is 60.6 Å². The predicted octanol–water partition coefficient (Wildman–Crippen LogP) is 4.21. The fraction of sp³-hybridized carbons (Fsp3) is 0.542. The summed E-state index contributed by atoms with van der Waals surface area (Å²) < 4.78 is 5.86. The molecule has 0 saturated carbocycles. The van der Waals surface area contributed by atoms with Crippen molar-refractivity contribution in [2.75, 3.05) is 26.2 Å². The number of aryl methyl sites for hydroxylation is 1. The highest BCUT2D eigenvalue weighted by Crippen LogP contribution is 2.16. The summed E-state index contributed by atoms with van der Waals surface area (Å²) in [6, 6.07) is 12.7. The van der Waals surface area contributed by atoms with E-state index in [0.717, 1.165) is 31.9 Å². The summed E-state index contributed by atoms with van der Waals surface area (Å²) >= 11 is 0. The van der Waals surface area contributed by atoms with Gasteiger partial charge in [-0.15, -0.1) is 0 Å². The first-order chi connectivity index (χ1) is 14.0. The molecule has 1 aromatic carbocycles. The van der Waals surface area contributed by atoms with Crippen LogP contribution in [0.25, 0.3) is 0 Å². The Kier molecular flexibility index (Phi) is 7.90. The lowest BCUT2D eigenvalue weighted by atomic mass is 10.1. The van der Waals surface area contributed by atoms with E-state index in [1.807, 2.05) is 6.07 Å². The molecule has 0 radical (unpaired) electrons. The first-order valence-electron chi connectivity index (χ1n) is 10.9. The molecule has 1 aliphatic heterocycles. The van der Waals surface area contributed by atoms with Gasteiger partial charge in [0, 0.05) is 25.7 Å². The molecule has 0 atom stereocenters. The zero-order valence-corrected chi connectivity index (χ0v) is 18.1. The summed E-state index contributed by atoms with van der Waals surface area (Å²) in [6.07, 6.45) is 3.87. The zero-order valence-electron chi connectivity index (χ0n) is 18.1. The first-order valence-corrected chi connectivity index (χ1v) is 10.9. The molecule has 2 aromatic rings. The summed E-state index contributed by atoms with van der Waals surface area (Å²) in [5, 5.41) is 2.99. The lowest BCUT2D eigenvalue weighted by molar-refractivity contribution is 0.0913. The fourth-order valence-electron chi connectivity index (χ4n) is 3.73. The van der Waals surface area contributed by atoms with Gasteiger partial charge in [-0.1, -0.05) is 36.2 Å². The van der Waals surface area contributed by atoms with Gasteiger partial charge < -0.3 is 14.6 Å². The summed E-state index contributed by atoms with van der Waals surface area (Å²) in [5.41, 5.74) is 2.55. The van der Waals surface area contributed by atoms with E-state index in [1.54, 1.807) is 6.07 Å². The van der Waals surface area contributed by atoms with E-state index in [1.165, 1.54) is 30.4 Å². The van der Waals surface area contributed by atoms with Gasteiger partial charge in [0.05, 0.1) is 6.54 Å². The van der Waals surface area contributed by atoms with Crippen molar-refractivity contribution < 1.29 is 9.21 Å². The lowest BCUT2D eigenvalue weighted by Gasteiger charge is -2.26. The number of benzene rings is 1. The van der Waals surface area contributed by atoms with Crippen molar-refractivity contribution in [1.29, 1.82) is 0 Å². The minimum absolute atomic E-state index is 0.122. The minimum atomic E-state index is -0.122. The topological polar surface area (TPSA) is 48.7 Å². The number of carbonyl (C=O) groups is 1. The van der Waals surface area contributed by atoms with Crippen LogP contribution in [0.2, 0.25) is 0 Å². The maximum atomic E-state index is 12.4. The molecule has 1 saturated heterocycles. The molecule has 29 heavy (non-hydrogen) atoms. The Morgan fingerprint density at radius 2 is 1.79 bits per heavy atom. The van der Waals surface area contributed by atoms with Crippen molar-refractivity contribution in [2.45, 2.75) is 59.2 Å². The van der Waals surface area contributed by atoms with Crippen LogP contribution >= 0.6 is 0 Å². The molecule has 0 unspecified atom stereocenters. The monoisotopic (exact) mass is 397 g/mol. The first kappa shape index (κ1) is 21.6. The minimum Gasteiger partial charge on any atom is -0.455 e. The van der Waals surface area contributed by atoms with Gasteiger partial charge in [-0.2, -0.15) is 0 Å². The second-order valence-corrected chi connectivity index (χ2v) is 8.41. The Hall–Kier alpha value is -2.11. The molecule has 0 bridgehead atoms. The number of carbonyl (C=O) groups excluding carboxylic acids is 1. The second-order valence-electron chi connectivity index (χ2n) is 8.41. The van der Waals surface area contributed by atoms with Crippen molar-refractivity contribution in [3.63, 3.8) is 0 Å². The summed E-state index contributed by atoms with van der Waals surface area (Å²) in [7, 11) is 0. The highest BCUT2D eigenvalue weighted by atomic mass is 16.4. The zero-order chi connectivity index (χ0) is 20.6. The van der Waals surface area contributed by atoms with E-state index in [2.05, 4.69) is 60.2 Å². The standard InChI is InChI=1S/C24H35N3O2/c1-19(2)27(17-21-9-7-20(3)8-10-21)18-22-11-12-23(29-22)24(28)25-13-16-26-14-5-4-6-15-26/h7-12,19H,4-6,13-18H2,1-3H3,(H,25,28). The average Bonchev–Trinajstić information content (AvgIpc) is 3.18. The number of rotatable bonds is 9. The molecule has 2 heterocycles. The van der Waals surface area contributed by atoms with Crippen LogP contribution in [-0.2, 0) is 13.1 Å². The molecule has 0 aliphatic carbocycles. The number of nitrogens with one attached hydrogen (secondary N) is 1. The van der Waals surface area contributed by atoms with Crippen molar-refractivity contribution in [3.8, 4) is 0 Å². The van der Waals surface area contributed by atoms with Crippen molar-refractivity contribution in [2.24, 2.45) is 0 Å². The molecule has 3 rings (SSSR count). The molecule has 5 heteroatoms. The van der Waals surface area contributed by atoms with Gasteiger partial charge in [0.2, 0.25) is 0 Å². The number of nitrogens with zero attached hydrogens (tertiary/aromatic N) is 2. The van der Waals surface area contributed by atoms with Crippen LogP contribution in [0.15, 0.2) is 40.8 Å². The van der Waals surface area contributed by atoms with Gasteiger partial charge in [-0.05, 0) is 64.4 Å². The molecule has 158 valence electrons. The Morgan fingerprint density at radius 3 is 2.48 bits per heavy atom. The van der Waals surface area contributed by atoms with Crippen LogP contribution in [0, 0.1) is 6.92 Å². The Bertz CT molecular complexity index is 761. The van der Waals surface area contributed by atoms with E-state index >= 15 is 0 Å². The molecule has 1 amide bonds. The predicted molar refractivity (Wildman–Crippen MR) is 117 cm³/mol. The van der Waals surface area contributed by atoms with Crippen LogP contribution in [0.4, 0.5) is 0 Å². The highest BCUT2D eigenvalue weighted by Gasteiger charge is 2.16. The van der Waals surface area contributed by atoms with Gasteiger partial charge in [-0.25, -0.2) is 0 Å². The average molecular weight is 398 g/mol. The number of hydrogen-bond donors (Lipinski definition) is 1. The van der Waals surface area contributed by atoms with E-state index in [0.29, 0.717) is 24.9 Å². The Balaban J connectivity index is 1.50. The summed E-state index contributed by atoms with van der Waals surface area (Å²) in [5.74, 6) is 1.10. The fourth-order valence-corrected chi connectivity index (χ4v) is 3.73. The Morgan fingerprint density at radius 1 is 1.07 bits per heavy atom. The van der Waals surface area contributed by atoms with Gasteiger partial charge in [0.25, 0.3) is 5.91 Å². The second kappa shape index (κ2) is 10.6. The number of amides is 1. The number of furan rings is 1. The van der Waals surface area contributed by atoms with Gasteiger partial charge >= 0.3 is 0 Å². The maximum Gasteiger partial charge on any atom is 0.287 e. The highest BCUT2D eigenvalue weighted by molar-refractivity contribution is 5.91. The SMILES string of the molecule is Cc1ccc(CN(Cc2ccc(C(=O)NCCN3CCCCC3)o2)C(C)C)cc1. The van der Waals surface area contributed by atoms with E-state index in [-0.39, 0.29) is 5.91 Å². The van der Waals surface area contributed by atoms with Crippen molar-refractivity contribution in [1.82, 2.24) is 15.1 Å². The quantitative estimate of drug-likeness (QED) is 0.688. The number of hydrogen-bond acceptors (Lipinski definition) is 4. The third kappa shape index (κ3) is 6.72. The molecule has 1 aromatic heterocycles. The van der Waals surface area contributed by atoms with E-state index < -0.39 is 0 Å². The van der Waals surface area contributed by atoms with Crippen LogP contribution in [0.3, 0.4) is 0 Å². The number of likely N-dealkylation sites (tertiary alicyclic amines) is 1. The Labute approximate surface area is 175 Å². The van der Waals surface area contributed by atoms with Crippen LogP contribution in [-0.4, -0.2) is 47.9 Å². The smallest absolute Gasteiger partial charge is 0.287 e. The third-order valence-electron chi connectivity index (χ3n) is 5.64. The van der Waals surface area contributed by atoms with Crippen LogP contribution < -0.4 is 5.32 Å². The maximum absolute atomic E-state index is 12.4. The van der Waals surface area contributed by atoms with Gasteiger partial charge in [0.15, 0.2) is 5.76 Å². The molecule has 1 fully saturated rings. The van der Waals surface area contributed by atoms with Gasteiger partial charge in [0.1, 0.15) is 5.76 Å². The molecule has 0 spiro atoms. The molecular formula is C24H35N3O2.